The van der Waals surface area contributed by atoms with Gasteiger partial charge in [-0.05, 0) is 62.9 Å². The van der Waals surface area contributed by atoms with Crippen molar-refractivity contribution in [3.05, 3.63) is 51.8 Å². The molecule has 1 saturated heterocycles. The second kappa shape index (κ2) is 7.25. The highest BCUT2D eigenvalue weighted by Gasteiger charge is 2.53. The van der Waals surface area contributed by atoms with Gasteiger partial charge in [-0.2, -0.15) is 0 Å². The molecule has 1 fully saturated rings. The Balaban J connectivity index is 2.12. The van der Waals surface area contributed by atoms with Crippen LogP contribution in [0.5, 0.6) is 0 Å². The average molecular weight is 420 g/mol. The zero-order valence-corrected chi connectivity index (χ0v) is 18.1. The van der Waals surface area contributed by atoms with Crippen LogP contribution in [-0.2, 0) is 20.7 Å². The van der Waals surface area contributed by atoms with Crippen LogP contribution in [0.3, 0.4) is 0 Å². The summed E-state index contributed by atoms with van der Waals surface area (Å²) < 4.78 is 5.79. The van der Waals surface area contributed by atoms with Crippen molar-refractivity contribution in [3.8, 4) is 11.1 Å². The molecule has 148 valence electrons. The minimum absolute atomic E-state index is 0.217. The first kappa shape index (κ1) is 21.0. The van der Waals surface area contributed by atoms with E-state index in [0.717, 1.165) is 22.3 Å². The van der Waals surface area contributed by atoms with Crippen molar-refractivity contribution in [3.63, 3.8) is 0 Å². The summed E-state index contributed by atoms with van der Waals surface area (Å²) >= 11 is 12.1. The SMILES string of the molecule is CCc1cc(-c2ccc(Cl)nc2Cl)ccc1C1C(=O)C(C)(C)OC(C)(C)C1=O. The molecule has 0 atom stereocenters. The molecule has 2 heterocycles. The predicted octanol–water partition coefficient (Wildman–Crippen LogP) is 5.43. The van der Waals surface area contributed by atoms with Gasteiger partial charge in [0.1, 0.15) is 27.4 Å². The van der Waals surface area contributed by atoms with E-state index in [9.17, 15) is 9.59 Å². The molecule has 1 aromatic heterocycles. The molecule has 3 rings (SSSR count). The van der Waals surface area contributed by atoms with E-state index in [1.807, 2.05) is 31.2 Å². The molecule has 1 aliphatic heterocycles. The fourth-order valence-electron chi connectivity index (χ4n) is 3.82. The lowest BCUT2D eigenvalue weighted by Crippen LogP contribution is -2.58. The molecule has 0 radical (unpaired) electrons. The summed E-state index contributed by atoms with van der Waals surface area (Å²) in [6, 6.07) is 9.16. The molecule has 0 spiro atoms. The Labute approximate surface area is 175 Å². The number of carbonyl (C=O) groups excluding carboxylic acids is 2. The second-order valence-electron chi connectivity index (χ2n) is 8.02. The van der Waals surface area contributed by atoms with Gasteiger partial charge in [0.25, 0.3) is 0 Å². The summed E-state index contributed by atoms with van der Waals surface area (Å²) in [6.45, 7) is 8.87. The fraction of sp³-hybridized carbons (Fsp3) is 0.409. The Morgan fingerprint density at radius 1 is 1.00 bits per heavy atom. The van der Waals surface area contributed by atoms with Gasteiger partial charge in [-0.3, -0.25) is 9.59 Å². The highest BCUT2D eigenvalue weighted by Crippen LogP contribution is 2.40. The summed E-state index contributed by atoms with van der Waals surface area (Å²) in [5.74, 6) is -1.28. The maximum absolute atomic E-state index is 13.1. The van der Waals surface area contributed by atoms with Crippen LogP contribution in [0.1, 0.15) is 51.7 Å². The van der Waals surface area contributed by atoms with E-state index < -0.39 is 17.1 Å². The number of aryl methyl sites for hydroxylation is 1. The predicted molar refractivity (Wildman–Crippen MR) is 111 cm³/mol. The number of halogens is 2. The molecule has 1 aromatic carbocycles. The number of Topliss-reactive ketones (excluding diaryl/α,β-unsaturated/α-hetero) is 2. The maximum atomic E-state index is 13.1. The van der Waals surface area contributed by atoms with Crippen molar-refractivity contribution < 1.29 is 14.3 Å². The van der Waals surface area contributed by atoms with E-state index in [1.165, 1.54) is 0 Å². The summed E-state index contributed by atoms with van der Waals surface area (Å²) in [6.07, 6.45) is 0.667. The largest absolute Gasteiger partial charge is 0.354 e. The average Bonchev–Trinajstić information content (AvgIpc) is 2.60. The summed E-state index contributed by atoms with van der Waals surface area (Å²) in [7, 11) is 0. The molecule has 2 aromatic rings. The number of rotatable bonds is 3. The lowest BCUT2D eigenvalue weighted by Gasteiger charge is -2.43. The van der Waals surface area contributed by atoms with E-state index in [2.05, 4.69) is 4.98 Å². The van der Waals surface area contributed by atoms with Gasteiger partial charge in [0.2, 0.25) is 0 Å². The Morgan fingerprint density at radius 2 is 1.61 bits per heavy atom. The third-order valence-corrected chi connectivity index (χ3v) is 5.68. The molecule has 0 aliphatic carbocycles. The number of ether oxygens (including phenoxy) is 1. The van der Waals surface area contributed by atoms with Crippen molar-refractivity contribution in [2.75, 3.05) is 0 Å². The molecular weight excluding hydrogens is 397 g/mol. The second-order valence-corrected chi connectivity index (χ2v) is 8.77. The molecule has 4 nitrogen and oxygen atoms in total. The maximum Gasteiger partial charge on any atom is 0.179 e. The summed E-state index contributed by atoms with van der Waals surface area (Å²) in [4.78, 5) is 30.2. The fourth-order valence-corrected chi connectivity index (χ4v) is 4.28. The Bertz CT molecular complexity index is 940. The van der Waals surface area contributed by atoms with Crippen LogP contribution in [0, 0.1) is 0 Å². The molecule has 28 heavy (non-hydrogen) atoms. The van der Waals surface area contributed by atoms with Gasteiger partial charge in [-0.25, -0.2) is 4.98 Å². The Morgan fingerprint density at radius 3 is 2.14 bits per heavy atom. The van der Waals surface area contributed by atoms with Gasteiger partial charge in [0, 0.05) is 5.56 Å². The number of aromatic nitrogens is 1. The minimum atomic E-state index is -1.03. The van der Waals surface area contributed by atoms with E-state index in [0.29, 0.717) is 16.7 Å². The number of hydrogen-bond acceptors (Lipinski definition) is 4. The number of carbonyl (C=O) groups is 2. The van der Waals surface area contributed by atoms with Crippen LogP contribution >= 0.6 is 23.2 Å². The van der Waals surface area contributed by atoms with Gasteiger partial charge in [0.05, 0.1) is 0 Å². The first-order chi connectivity index (χ1) is 13.0. The van der Waals surface area contributed by atoms with Crippen LogP contribution in [-0.4, -0.2) is 27.8 Å². The zero-order valence-electron chi connectivity index (χ0n) is 16.6. The lowest BCUT2D eigenvalue weighted by molar-refractivity contribution is -0.184. The molecule has 0 saturated carbocycles. The van der Waals surface area contributed by atoms with Crippen LogP contribution in [0.2, 0.25) is 10.3 Å². The number of pyridine rings is 1. The van der Waals surface area contributed by atoms with Crippen molar-refractivity contribution in [1.29, 1.82) is 0 Å². The first-order valence-corrected chi connectivity index (χ1v) is 9.97. The number of hydrogen-bond donors (Lipinski definition) is 0. The van der Waals surface area contributed by atoms with Crippen LogP contribution in [0.25, 0.3) is 11.1 Å². The zero-order chi connectivity index (χ0) is 20.9. The molecular formula is C22H23Cl2NO3. The highest BCUT2D eigenvalue weighted by molar-refractivity contribution is 6.34. The third kappa shape index (κ3) is 3.61. The van der Waals surface area contributed by atoms with Gasteiger partial charge >= 0.3 is 0 Å². The topological polar surface area (TPSA) is 56.3 Å². The van der Waals surface area contributed by atoms with Crippen LogP contribution < -0.4 is 0 Å². The van der Waals surface area contributed by atoms with Crippen molar-refractivity contribution >= 4 is 34.8 Å². The van der Waals surface area contributed by atoms with Gasteiger partial charge in [-0.15, -0.1) is 0 Å². The summed E-state index contributed by atoms with van der Waals surface area (Å²) in [5.41, 5.74) is 1.19. The number of ketones is 2. The molecule has 0 bridgehead atoms. The van der Waals surface area contributed by atoms with E-state index in [4.69, 9.17) is 27.9 Å². The van der Waals surface area contributed by atoms with Crippen molar-refractivity contribution in [1.82, 2.24) is 4.98 Å². The minimum Gasteiger partial charge on any atom is -0.354 e. The number of nitrogens with zero attached hydrogens (tertiary/aromatic N) is 1. The molecule has 0 amide bonds. The quantitative estimate of drug-likeness (QED) is 0.491. The van der Waals surface area contributed by atoms with Crippen molar-refractivity contribution in [2.24, 2.45) is 0 Å². The monoisotopic (exact) mass is 419 g/mol. The van der Waals surface area contributed by atoms with Crippen molar-refractivity contribution in [2.45, 2.75) is 58.2 Å². The smallest absolute Gasteiger partial charge is 0.179 e. The van der Waals surface area contributed by atoms with E-state index in [1.54, 1.807) is 33.8 Å². The van der Waals surface area contributed by atoms with Gasteiger partial charge in [-0.1, -0.05) is 48.3 Å². The standard InChI is InChI=1S/C22H23Cl2NO3/c1-6-12-11-13(15-9-10-16(23)25-20(15)24)7-8-14(12)17-18(26)21(2,3)28-22(4,5)19(17)27/h7-11,17H,6H2,1-5H3. The van der Waals surface area contributed by atoms with Gasteiger partial charge < -0.3 is 4.74 Å². The van der Waals surface area contributed by atoms with E-state index >= 15 is 0 Å². The molecule has 6 heteroatoms. The van der Waals surface area contributed by atoms with Crippen LogP contribution in [0.4, 0.5) is 0 Å². The lowest BCUT2D eigenvalue weighted by atomic mass is 9.73. The molecule has 0 unspecified atom stereocenters. The highest BCUT2D eigenvalue weighted by atomic mass is 35.5. The number of benzene rings is 1. The molecule has 0 N–H and O–H groups in total. The van der Waals surface area contributed by atoms with E-state index in [-0.39, 0.29) is 11.6 Å². The Hall–Kier alpha value is -1.75. The normalized spacial score (nSPS) is 19.1. The van der Waals surface area contributed by atoms with Gasteiger partial charge in [0.15, 0.2) is 11.6 Å². The summed E-state index contributed by atoms with van der Waals surface area (Å²) in [5, 5.41) is 0.631. The Kier molecular flexibility index (Phi) is 5.43. The van der Waals surface area contributed by atoms with Crippen LogP contribution in [0.15, 0.2) is 30.3 Å². The first-order valence-electron chi connectivity index (χ1n) is 9.22. The third-order valence-electron chi connectivity index (χ3n) is 5.18. The molecule has 1 aliphatic rings.